The standard InChI is InChI=1S/C19H18N4O4/c20-17-12-5-1-2-6-13(12)21-16(22-17)11-27-19(25)14-7-3-9-23(14)18(24)15-8-4-10-26-15/h1-2,4-6,8,10,14H,3,7,9,11H2,(H2,20,21,22)/t14-/m0/s1. The predicted molar refractivity (Wildman–Crippen MR) is 96.5 cm³/mol. The number of furan rings is 1. The summed E-state index contributed by atoms with van der Waals surface area (Å²) in [5, 5.41) is 0.749. The molecule has 0 unspecified atom stereocenters. The van der Waals surface area contributed by atoms with E-state index >= 15 is 0 Å². The number of esters is 1. The summed E-state index contributed by atoms with van der Waals surface area (Å²) in [4.78, 5) is 35.0. The minimum absolute atomic E-state index is 0.104. The van der Waals surface area contributed by atoms with E-state index in [1.807, 2.05) is 24.3 Å². The summed E-state index contributed by atoms with van der Waals surface area (Å²) < 4.78 is 10.5. The predicted octanol–water partition coefficient (Wildman–Crippen LogP) is 2.15. The molecule has 138 valence electrons. The second-order valence-corrected chi connectivity index (χ2v) is 6.28. The van der Waals surface area contributed by atoms with Crippen molar-refractivity contribution in [3.05, 3.63) is 54.2 Å². The number of benzene rings is 1. The van der Waals surface area contributed by atoms with Gasteiger partial charge in [-0.15, -0.1) is 0 Å². The van der Waals surface area contributed by atoms with E-state index in [1.54, 1.807) is 12.1 Å². The lowest BCUT2D eigenvalue weighted by Gasteiger charge is -2.22. The Kier molecular flexibility index (Phi) is 4.45. The molecule has 1 amide bonds. The number of nitrogens with zero attached hydrogens (tertiary/aromatic N) is 3. The number of likely N-dealkylation sites (tertiary alicyclic amines) is 1. The summed E-state index contributed by atoms with van der Waals surface area (Å²) in [5.41, 5.74) is 6.63. The van der Waals surface area contributed by atoms with E-state index in [4.69, 9.17) is 14.9 Å². The van der Waals surface area contributed by atoms with Gasteiger partial charge in [0, 0.05) is 11.9 Å². The fourth-order valence-electron chi connectivity index (χ4n) is 3.24. The Morgan fingerprint density at radius 2 is 2.07 bits per heavy atom. The normalized spacial score (nSPS) is 16.6. The molecular weight excluding hydrogens is 348 g/mol. The molecule has 1 fully saturated rings. The molecule has 0 radical (unpaired) electrons. The highest BCUT2D eigenvalue weighted by atomic mass is 16.5. The maximum absolute atomic E-state index is 12.5. The van der Waals surface area contributed by atoms with Crippen molar-refractivity contribution in [3.8, 4) is 0 Å². The van der Waals surface area contributed by atoms with E-state index in [9.17, 15) is 9.59 Å². The quantitative estimate of drug-likeness (QED) is 0.704. The smallest absolute Gasteiger partial charge is 0.329 e. The molecule has 2 N–H and O–H groups in total. The van der Waals surface area contributed by atoms with Gasteiger partial charge in [0.2, 0.25) is 0 Å². The Labute approximate surface area is 154 Å². The number of aromatic nitrogens is 2. The number of carbonyl (C=O) groups is 2. The SMILES string of the molecule is Nc1nc(COC(=O)[C@@H]2CCCN2C(=O)c2ccco2)nc2ccccc12. The van der Waals surface area contributed by atoms with Gasteiger partial charge in [-0.3, -0.25) is 4.79 Å². The highest BCUT2D eigenvalue weighted by molar-refractivity contribution is 5.95. The third kappa shape index (κ3) is 3.33. The van der Waals surface area contributed by atoms with Crippen LogP contribution in [0.5, 0.6) is 0 Å². The summed E-state index contributed by atoms with van der Waals surface area (Å²) in [6.45, 7) is 0.381. The summed E-state index contributed by atoms with van der Waals surface area (Å²) in [6.07, 6.45) is 2.70. The van der Waals surface area contributed by atoms with Crippen LogP contribution >= 0.6 is 0 Å². The Morgan fingerprint density at radius 3 is 2.89 bits per heavy atom. The molecule has 0 aliphatic carbocycles. The molecule has 1 aromatic carbocycles. The van der Waals surface area contributed by atoms with Crippen LogP contribution in [0, 0.1) is 0 Å². The van der Waals surface area contributed by atoms with Gasteiger partial charge in [0.25, 0.3) is 5.91 Å². The van der Waals surface area contributed by atoms with Crippen molar-refractivity contribution in [3.63, 3.8) is 0 Å². The van der Waals surface area contributed by atoms with Gasteiger partial charge in [0.1, 0.15) is 11.9 Å². The minimum Gasteiger partial charge on any atom is -0.459 e. The fourth-order valence-corrected chi connectivity index (χ4v) is 3.24. The lowest BCUT2D eigenvalue weighted by atomic mass is 10.2. The van der Waals surface area contributed by atoms with E-state index in [-0.39, 0.29) is 18.3 Å². The Balaban J connectivity index is 1.45. The zero-order valence-corrected chi connectivity index (χ0v) is 14.5. The number of rotatable bonds is 4. The van der Waals surface area contributed by atoms with Crippen molar-refractivity contribution in [1.82, 2.24) is 14.9 Å². The van der Waals surface area contributed by atoms with Crippen molar-refractivity contribution in [2.24, 2.45) is 0 Å². The second kappa shape index (κ2) is 7.06. The molecule has 0 spiro atoms. The first-order valence-corrected chi connectivity index (χ1v) is 8.66. The molecule has 0 saturated carbocycles. The number of fused-ring (bicyclic) bond motifs is 1. The van der Waals surface area contributed by atoms with Crippen LogP contribution in [0.4, 0.5) is 5.82 Å². The number of carbonyl (C=O) groups excluding carboxylic acids is 2. The molecule has 1 saturated heterocycles. The van der Waals surface area contributed by atoms with Gasteiger partial charge >= 0.3 is 5.97 Å². The first kappa shape index (κ1) is 17.0. The third-order valence-corrected chi connectivity index (χ3v) is 4.54. The van der Waals surface area contributed by atoms with Crippen molar-refractivity contribution < 1.29 is 18.7 Å². The molecule has 2 aromatic heterocycles. The van der Waals surface area contributed by atoms with Gasteiger partial charge < -0.3 is 19.8 Å². The highest BCUT2D eigenvalue weighted by Gasteiger charge is 2.36. The molecule has 1 aliphatic heterocycles. The largest absolute Gasteiger partial charge is 0.459 e. The molecule has 8 heteroatoms. The maximum Gasteiger partial charge on any atom is 0.329 e. The van der Waals surface area contributed by atoms with E-state index in [0.717, 1.165) is 11.8 Å². The molecule has 3 heterocycles. The molecule has 1 aliphatic rings. The molecular formula is C19H18N4O4. The van der Waals surface area contributed by atoms with E-state index in [1.165, 1.54) is 11.2 Å². The molecule has 3 aromatic rings. The Bertz CT molecular complexity index is 987. The molecule has 27 heavy (non-hydrogen) atoms. The molecule has 8 nitrogen and oxygen atoms in total. The van der Waals surface area contributed by atoms with E-state index < -0.39 is 12.0 Å². The minimum atomic E-state index is -0.639. The van der Waals surface area contributed by atoms with Crippen LogP contribution in [0.25, 0.3) is 10.9 Å². The third-order valence-electron chi connectivity index (χ3n) is 4.54. The van der Waals surface area contributed by atoms with Crippen LogP contribution in [0.1, 0.15) is 29.2 Å². The topological polar surface area (TPSA) is 112 Å². The number of hydrogen-bond donors (Lipinski definition) is 1. The molecule has 1 atom stereocenters. The average Bonchev–Trinajstić information content (AvgIpc) is 3.37. The van der Waals surface area contributed by atoms with Crippen molar-refractivity contribution >= 4 is 28.6 Å². The number of para-hydroxylation sites is 1. The summed E-state index contributed by atoms with van der Waals surface area (Å²) in [5.74, 6) is 0.0670. The first-order chi connectivity index (χ1) is 13.1. The van der Waals surface area contributed by atoms with Crippen LogP contribution in [0.15, 0.2) is 47.1 Å². The second-order valence-electron chi connectivity index (χ2n) is 6.28. The Morgan fingerprint density at radius 1 is 1.22 bits per heavy atom. The highest BCUT2D eigenvalue weighted by Crippen LogP contribution is 2.22. The first-order valence-electron chi connectivity index (χ1n) is 8.66. The number of amides is 1. The zero-order valence-electron chi connectivity index (χ0n) is 14.5. The van der Waals surface area contributed by atoms with Crippen LogP contribution in [0.3, 0.4) is 0 Å². The lowest BCUT2D eigenvalue weighted by molar-refractivity contribution is -0.149. The maximum atomic E-state index is 12.5. The molecule has 0 bridgehead atoms. The number of nitrogens with two attached hydrogens (primary N) is 1. The average molecular weight is 366 g/mol. The van der Waals surface area contributed by atoms with E-state index in [2.05, 4.69) is 9.97 Å². The van der Waals surface area contributed by atoms with Crippen molar-refractivity contribution in [2.45, 2.75) is 25.5 Å². The fraction of sp³-hybridized carbons (Fsp3) is 0.263. The number of ether oxygens (including phenoxy) is 1. The van der Waals surface area contributed by atoms with E-state index in [0.29, 0.717) is 30.1 Å². The van der Waals surface area contributed by atoms with Gasteiger partial charge in [0.15, 0.2) is 18.2 Å². The van der Waals surface area contributed by atoms with Crippen molar-refractivity contribution in [2.75, 3.05) is 12.3 Å². The Hall–Kier alpha value is -3.42. The summed E-state index contributed by atoms with van der Waals surface area (Å²) in [6, 6.07) is 9.93. The monoisotopic (exact) mass is 366 g/mol. The number of nitrogen functional groups attached to an aromatic ring is 1. The summed E-state index contributed by atoms with van der Waals surface area (Å²) in [7, 11) is 0. The van der Waals surface area contributed by atoms with Gasteiger partial charge in [-0.2, -0.15) is 0 Å². The van der Waals surface area contributed by atoms with Gasteiger partial charge in [-0.25, -0.2) is 14.8 Å². The zero-order chi connectivity index (χ0) is 18.8. The molecule has 4 rings (SSSR count). The van der Waals surface area contributed by atoms with Crippen LogP contribution < -0.4 is 5.73 Å². The number of hydrogen-bond acceptors (Lipinski definition) is 7. The van der Waals surface area contributed by atoms with Gasteiger partial charge in [-0.05, 0) is 37.1 Å². The number of anilines is 1. The van der Waals surface area contributed by atoms with Crippen LogP contribution in [-0.4, -0.2) is 39.3 Å². The summed E-state index contributed by atoms with van der Waals surface area (Å²) >= 11 is 0. The van der Waals surface area contributed by atoms with Gasteiger partial charge in [0.05, 0.1) is 11.8 Å². The lowest BCUT2D eigenvalue weighted by Crippen LogP contribution is -2.41. The van der Waals surface area contributed by atoms with Gasteiger partial charge in [-0.1, -0.05) is 12.1 Å². The van der Waals surface area contributed by atoms with Crippen LogP contribution in [0.2, 0.25) is 0 Å². The van der Waals surface area contributed by atoms with Crippen LogP contribution in [-0.2, 0) is 16.1 Å². The van der Waals surface area contributed by atoms with Crippen molar-refractivity contribution in [1.29, 1.82) is 0 Å².